The van der Waals surface area contributed by atoms with Gasteiger partial charge >= 0.3 is 0 Å². The molecule has 0 saturated carbocycles. The van der Waals surface area contributed by atoms with E-state index in [0.717, 1.165) is 17.2 Å². The van der Waals surface area contributed by atoms with E-state index < -0.39 is 5.97 Å². The summed E-state index contributed by atoms with van der Waals surface area (Å²) in [6.07, 6.45) is 3.06. The summed E-state index contributed by atoms with van der Waals surface area (Å²) in [5, 5.41) is 10.4. The topological polar surface area (TPSA) is 77.5 Å². The zero-order valence-electron chi connectivity index (χ0n) is 14.3. The summed E-state index contributed by atoms with van der Waals surface area (Å²) in [7, 11) is 0. The highest BCUT2D eigenvalue weighted by molar-refractivity contribution is 6.21. The van der Waals surface area contributed by atoms with Crippen LogP contribution in [0, 0.1) is 12.8 Å². The lowest BCUT2D eigenvalue weighted by Crippen LogP contribution is -2.30. The number of benzene rings is 2. The molecular formula is C21H18NO4-. The number of carbonyl (C=O) groups excluding carboxylic acids is 3. The summed E-state index contributed by atoms with van der Waals surface area (Å²) in [6.45, 7) is 1.99. The number of aliphatic carboxylic acids is 1. The monoisotopic (exact) mass is 348 g/mol. The van der Waals surface area contributed by atoms with Gasteiger partial charge in [-0.05, 0) is 42.7 Å². The van der Waals surface area contributed by atoms with Crippen molar-refractivity contribution in [2.24, 2.45) is 5.92 Å². The van der Waals surface area contributed by atoms with E-state index in [2.05, 4.69) is 0 Å². The van der Waals surface area contributed by atoms with Gasteiger partial charge in [-0.15, -0.1) is 0 Å². The van der Waals surface area contributed by atoms with Gasteiger partial charge in [-0.25, -0.2) is 0 Å². The SMILES string of the molecule is Cc1cccc(CC2CC(=O)N(c3ccc(C=CC(=O)[O-])cc3)C2=O)c1. The normalized spacial score (nSPS) is 17.3. The van der Waals surface area contributed by atoms with Crippen LogP contribution in [0.2, 0.25) is 0 Å². The second-order valence-electron chi connectivity index (χ2n) is 6.41. The van der Waals surface area contributed by atoms with Crippen LogP contribution in [0.5, 0.6) is 0 Å². The minimum absolute atomic E-state index is 0.194. The average Bonchev–Trinajstić information content (AvgIpc) is 2.87. The lowest BCUT2D eigenvalue weighted by Gasteiger charge is -2.15. The van der Waals surface area contributed by atoms with Crippen LogP contribution >= 0.6 is 0 Å². The Hall–Kier alpha value is -3.21. The minimum atomic E-state index is -1.28. The zero-order valence-corrected chi connectivity index (χ0v) is 14.3. The first kappa shape index (κ1) is 17.6. The van der Waals surface area contributed by atoms with Crippen molar-refractivity contribution in [2.75, 3.05) is 4.90 Å². The number of anilines is 1. The van der Waals surface area contributed by atoms with Crippen molar-refractivity contribution in [3.05, 3.63) is 71.3 Å². The second-order valence-corrected chi connectivity index (χ2v) is 6.41. The van der Waals surface area contributed by atoms with Crippen molar-refractivity contribution >= 4 is 29.5 Å². The van der Waals surface area contributed by atoms with E-state index in [0.29, 0.717) is 17.7 Å². The molecule has 0 spiro atoms. The molecule has 0 bridgehead atoms. The van der Waals surface area contributed by atoms with Crippen molar-refractivity contribution in [3.8, 4) is 0 Å². The Labute approximate surface area is 151 Å². The standard InChI is InChI=1S/C21H19NO4/c1-14-3-2-4-16(11-14)12-17-13-19(23)22(21(17)26)18-8-5-15(6-9-18)7-10-20(24)25/h2-11,17H,12-13H2,1H3,(H,24,25)/p-1. The first-order valence-corrected chi connectivity index (χ1v) is 8.35. The number of imide groups is 1. The van der Waals surface area contributed by atoms with Crippen LogP contribution in [0.25, 0.3) is 6.08 Å². The highest BCUT2D eigenvalue weighted by atomic mass is 16.4. The van der Waals surface area contributed by atoms with Crippen molar-refractivity contribution in [2.45, 2.75) is 19.8 Å². The number of amides is 2. The number of carboxylic acid groups (broad SMARTS) is 1. The van der Waals surface area contributed by atoms with Gasteiger partial charge in [0.15, 0.2) is 0 Å². The molecule has 1 aliphatic rings. The molecule has 5 heteroatoms. The predicted molar refractivity (Wildman–Crippen MR) is 96.0 cm³/mol. The molecule has 1 fully saturated rings. The van der Waals surface area contributed by atoms with Crippen LogP contribution in [-0.4, -0.2) is 17.8 Å². The van der Waals surface area contributed by atoms with E-state index in [9.17, 15) is 19.5 Å². The van der Waals surface area contributed by atoms with Crippen LogP contribution < -0.4 is 10.0 Å². The van der Waals surface area contributed by atoms with Crippen LogP contribution in [0.1, 0.15) is 23.1 Å². The van der Waals surface area contributed by atoms with Gasteiger partial charge in [-0.1, -0.05) is 48.0 Å². The summed E-state index contributed by atoms with van der Waals surface area (Å²) < 4.78 is 0. The van der Waals surface area contributed by atoms with Crippen molar-refractivity contribution in [3.63, 3.8) is 0 Å². The van der Waals surface area contributed by atoms with Gasteiger partial charge in [0, 0.05) is 6.42 Å². The first-order valence-electron chi connectivity index (χ1n) is 8.35. The van der Waals surface area contributed by atoms with Gasteiger partial charge < -0.3 is 9.90 Å². The molecule has 0 aliphatic carbocycles. The number of nitrogens with zero attached hydrogens (tertiary/aromatic N) is 1. The van der Waals surface area contributed by atoms with Crippen LogP contribution in [-0.2, 0) is 20.8 Å². The predicted octanol–water partition coefficient (Wildman–Crippen LogP) is 1.88. The molecule has 2 aromatic rings. The average molecular weight is 348 g/mol. The third-order valence-corrected chi connectivity index (χ3v) is 4.37. The molecule has 5 nitrogen and oxygen atoms in total. The number of carbonyl (C=O) groups is 3. The molecular weight excluding hydrogens is 330 g/mol. The third-order valence-electron chi connectivity index (χ3n) is 4.37. The van der Waals surface area contributed by atoms with Gasteiger partial charge in [0.2, 0.25) is 11.8 Å². The van der Waals surface area contributed by atoms with E-state index in [1.165, 1.54) is 11.0 Å². The van der Waals surface area contributed by atoms with E-state index in [1.54, 1.807) is 24.3 Å². The van der Waals surface area contributed by atoms with E-state index in [4.69, 9.17) is 0 Å². The Morgan fingerprint density at radius 1 is 1.19 bits per heavy atom. The fraction of sp³-hybridized carbons (Fsp3) is 0.190. The highest BCUT2D eigenvalue weighted by Crippen LogP contribution is 2.29. The largest absolute Gasteiger partial charge is 0.545 e. The van der Waals surface area contributed by atoms with Crippen LogP contribution in [0.15, 0.2) is 54.6 Å². The quantitative estimate of drug-likeness (QED) is 0.611. The van der Waals surface area contributed by atoms with Gasteiger partial charge in [0.25, 0.3) is 0 Å². The Morgan fingerprint density at radius 2 is 1.92 bits per heavy atom. The Bertz CT molecular complexity index is 883. The molecule has 3 rings (SSSR count). The maximum absolute atomic E-state index is 12.7. The number of rotatable bonds is 5. The third kappa shape index (κ3) is 3.88. The highest BCUT2D eigenvalue weighted by Gasteiger charge is 2.39. The molecule has 1 atom stereocenters. The molecule has 2 amide bonds. The molecule has 1 heterocycles. The van der Waals surface area contributed by atoms with Crippen molar-refractivity contribution < 1.29 is 19.5 Å². The zero-order chi connectivity index (χ0) is 18.7. The van der Waals surface area contributed by atoms with Crippen LogP contribution in [0.4, 0.5) is 5.69 Å². The van der Waals surface area contributed by atoms with Crippen molar-refractivity contribution in [1.29, 1.82) is 0 Å². The fourth-order valence-corrected chi connectivity index (χ4v) is 3.15. The lowest BCUT2D eigenvalue weighted by atomic mass is 9.97. The Morgan fingerprint density at radius 3 is 2.58 bits per heavy atom. The summed E-state index contributed by atoms with van der Waals surface area (Å²) in [6, 6.07) is 14.5. The molecule has 2 aromatic carbocycles. The van der Waals surface area contributed by atoms with E-state index >= 15 is 0 Å². The number of carboxylic acids is 1. The maximum Gasteiger partial charge on any atom is 0.237 e. The smallest absolute Gasteiger partial charge is 0.237 e. The van der Waals surface area contributed by atoms with Crippen LogP contribution in [0.3, 0.4) is 0 Å². The summed E-state index contributed by atoms with van der Waals surface area (Å²) in [5.41, 5.74) is 3.31. The molecule has 1 unspecified atom stereocenters. The lowest BCUT2D eigenvalue weighted by molar-refractivity contribution is -0.297. The fourth-order valence-electron chi connectivity index (χ4n) is 3.15. The molecule has 26 heavy (non-hydrogen) atoms. The molecule has 0 N–H and O–H groups in total. The van der Waals surface area contributed by atoms with Gasteiger partial charge in [0.05, 0.1) is 17.6 Å². The van der Waals surface area contributed by atoms with E-state index in [1.807, 2.05) is 31.2 Å². The van der Waals surface area contributed by atoms with E-state index in [-0.39, 0.29) is 24.2 Å². The molecule has 1 saturated heterocycles. The number of hydrogen-bond acceptors (Lipinski definition) is 4. The van der Waals surface area contributed by atoms with Crippen molar-refractivity contribution in [1.82, 2.24) is 0 Å². The summed E-state index contributed by atoms with van der Waals surface area (Å²) in [5.74, 6) is -2.06. The Balaban J connectivity index is 1.75. The summed E-state index contributed by atoms with van der Waals surface area (Å²) >= 11 is 0. The molecule has 1 aliphatic heterocycles. The van der Waals surface area contributed by atoms with Gasteiger partial charge in [-0.2, -0.15) is 0 Å². The van der Waals surface area contributed by atoms with Gasteiger partial charge in [-0.3, -0.25) is 14.5 Å². The molecule has 0 radical (unpaired) electrons. The Kier molecular flexibility index (Phi) is 4.98. The minimum Gasteiger partial charge on any atom is -0.545 e. The first-order chi connectivity index (χ1) is 12.4. The molecule has 0 aromatic heterocycles. The maximum atomic E-state index is 12.7. The summed E-state index contributed by atoms with van der Waals surface area (Å²) in [4.78, 5) is 36.7. The number of aryl methyl sites for hydroxylation is 1. The second kappa shape index (κ2) is 7.35. The number of hydrogen-bond donors (Lipinski definition) is 0. The van der Waals surface area contributed by atoms with Gasteiger partial charge in [0.1, 0.15) is 0 Å². The molecule has 132 valence electrons.